The highest BCUT2D eigenvalue weighted by Crippen LogP contribution is 2.14. The van der Waals surface area contributed by atoms with E-state index in [2.05, 4.69) is 58.4 Å². The van der Waals surface area contributed by atoms with Gasteiger partial charge in [-0.15, -0.1) is 24.0 Å². The number of hydrogen-bond donors (Lipinski definition) is 2. The minimum atomic E-state index is 0. The third-order valence-electron chi connectivity index (χ3n) is 5.11. The number of rotatable bonds is 12. The maximum absolute atomic E-state index is 5.83. The van der Waals surface area contributed by atoms with Crippen molar-refractivity contribution < 1.29 is 9.47 Å². The molecule has 172 valence electrons. The van der Waals surface area contributed by atoms with E-state index in [1.54, 1.807) is 0 Å². The molecule has 8 heteroatoms. The Bertz CT molecular complexity index is 575. The van der Waals surface area contributed by atoms with Gasteiger partial charge in [-0.3, -0.25) is 0 Å². The second kappa shape index (κ2) is 16.5. The summed E-state index contributed by atoms with van der Waals surface area (Å²) in [4.78, 5) is 11.5. The van der Waals surface area contributed by atoms with Gasteiger partial charge in [-0.2, -0.15) is 0 Å². The summed E-state index contributed by atoms with van der Waals surface area (Å²) in [5.74, 6) is 2.52. The fourth-order valence-corrected chi connectivity index (χ4v) is 3.30. The molecule has 0 bridgehead atoms. The van der Waals surface area contributed by atoms with Gasteiger partial charge in [0.05, 0.1) is 6.54 Å². The molecule has 2 rings (SSSR count). The average molecular weight is 533 g/mol. The molecule has 1 fully saturated rings. The van der Waals surface area contributed by atoms with Crippen molar-refractivity contribution in [3.05, 3.63) is 23.9 Å². The van der Waals surface area contributed by atoms with Crippen molar-refractivity contribution in [3.8, 4) is 0 Å². The summed E-state index contributed by atoms with van der Waals surface area (Å²) in [5.41, 5.74) is 1.11. The minimum absolute atomic E-state index is 0. The van der Waals surface area contributed by atoms with E-state index in [1.165, 1.54) is 0 Å². The van der Waals surface area contributed by atoms with Crippen LogP contribution in [-0.4, -0.2) is 63.6 Å². The van der Waals surface area contributed by atoms with Gasteiger partial charge in [0, 0.05) is 58.8 Å². The minimum Gasteiger partial charge on any atom is -0.381 e. The van der Waals surface area contributed by atoms with E-state index >= 15 is 0 Å². The molecule has 2 heterocycles. The molecule has 0 radical (unpaired) electrons. The van der Waals surface area contributed by atoms with Crippen molar-refractivity contribution in [2.75, 3.05) is 57.5 Å². The zero-order chi connectivity index (χ0) is 20.7. The lowest BCUT2D eigenvalue weighted by Crippen LogP contribution is -2.38. The van der Waals surface area contributed by atoms with Gasteiger partial charge < -0.3 is 25.0 Å². The molecule has 7 nitrogen and oxygen atoms in total. The van der Waals surface area contributed by atoms with E-state index in [1.807, 2.05) is 6.20 Å². The molecule has 1 saturated heterocycles. The summed E-state index contributed by atoms with van der Waals surface area (Å²) in [5, 5.41) is 6.69. The summed E-state index contributed by atoms with van der Waals surface area (Å²) in [6, 6.07) is 4.19. The second-order valence-electron chi connectivity index (χ2n) is 7.30. The van der Waals surface area contributed by atoms with Gasteiger partial charge in [-0.25, -0.2) is 9.98 Å². The zero-order valence-electron chi connectivity index (χ0n) is 18.9. The lowest BCUT2D eigenvalue weighted by molar-refractivity contribution is 0.0203. The highest BCUT2D eigenvalue weighted by atomic mass is 127. The summed E-state index contributed by atoms with van der Waals surface area (Å²) < 4.78 is 11.2. The number of nitrogens with zero attached hydrogens (tertiary/aromatic N) is 3. The molecule has 0 aliphatic carbocycles. The van der Waals surface area contributed by atoms with Gasteiger partial charge in [0.2, 0.25) is 0 Å². The summed E-state index contributed by atoms with van der Waals surface area (Å²) in [6.07, 6.45) is 5.14. The van der Waals surface area contributed by atoms with E-state index in [0.717, 1.165) is 89.2 Å². The fraction of sp³-hybridized carbons (Fsp3) is 0.727. The van der Waals surface area contributed by atoms with Crippen LogP contribution in [0.5, 0.6) is 0 Å². The first kappa shape index (κ1) is 26.9. The van der Waals surface area contributed by atoms with Crippen LogP contribution in [0.25, 0.3) is 0 Å². The number of nitrogens with one attached hydrogen (secondary N) is 2. The van der Waals surface area contributed by atoms with Crippen LogP contribution >= 0.6 is 24.0 Å². The Kier molecular flexibility index (Phi) is 14.8. The van der Waals surface area contributed by atoms with Gasteiger partial charge in [-0.05, 0) is 57.6 Å². The van der Waals surface area contributed by atoms with Gasteiger partial charge in [0.25, 0.3) is 0 Å². The van der Waals surface area contributed by atoms with Crippen LogP contribution in [0.15, 0.2) is 23.3 Å². The molecule has 0 saturated carbocycles. The van der Waals surface area contributed by atoms with Crippen molar-refractivity contribution in [1.29, 1.82) is 0 Å². The molecule has 1 aromatic heterocycles. The number of aromatic nitrogens is 1. The van der Waals surface area contributed by atoms with Gasteiger partial charge >= 0.3 is 0 Å². The molecule has 0 unspecified atom stereocenters. The molecular formula is C22H40IN5O2. The van der Waals surface area contributed by atoms with Crippen LogP contribution in [0, 0.1) is 5.92 Å². The van der Waals surface area contributed by atoms with Crippen LogP contribution < -0.4 is 15.5 Å². The number of anilines is 1. The number of hydrogen-bond acceptors (Lipinski definition) is 5. The topological polar surface area (TPSA) is 71.0 Å². The summed E-state index contributed by atoms with van der Waals surface area (Å²) >= 11 is 0. The van der Waals surface area contributed by atoms with E-state index in [4.69, 9.17) is 9.47 Å². The van der Waals surface area contributed by atoms with E-state index in [0.29, 0.717) is 12.5 Å². The lowest BCUT2D eigenvalue weighted by Gasteiger charge is -2.21. The first-order valence-corrected chi connectivity index (χ1v) is 11.1. The summed E-state index contributed by atoms with van der Waals surface area (Å²) in [7, 11) is 0. The zero-order valence-corrected chi connectivity index (χ0v) is 21.2. The number of pyridine rings is 1. The third kappa shape index (κ3) is 10.3. The highest BCUT2D eigenvalue weighted by molar-refractivity contribution is 14.0. The van der Waals surface area contributed by atoms with Crippen LogP contribution in [0.2, 0.25) is 0 Å². The Hall–Kier alpha value is -1.13. The summed E-state index contributed by atoms with van der Waals surface area (Å²) in [6.45, 7) is 14.0. The van der Waals surface area contributed by atoms with Crippen molar-refractivity contribution in [3.63, 3.8) is 0 Å². The average Bonchev–Trinajstić information content (AvgIpc) is 2.77. The first-order valence-electron chi connectivity index (χ1n) is 11.1. The molecule has 2 N–H and O–H groups in total. The van der Waals surface area contributed by atoms with Crippen LogP contribution in [-0.2, 0) is 16.0 Å². The van der Waals surface area contributed by atoms with Crippen molar-refractivity contribution >= 4 is 35.8 Å². The molecule has 1 aliphatic rings. The normalized spacial score (nSPS) is 14.8. The van der Waals surface area contributed by atoms with E-state index in [9.17, 15) is 0 Å². The molecule has 1 aliphatic heterocycles. The van der Waals surface area contributed by atoms with Crippen molar-refractivity contribution in [1.82, 2.24) is 15.6 Å². The largest absolute Gasteiger partial charge is 0.381 e. The molecule has 0 aromatic carbocycles. The number of ether oxygens (including phenoxy) is 2. The first-order chi connectivity index (χ1) is 14.3. The predicted molar refractivity (Wildman–Crippen MR) is 135 cm³/mol. The van der Waals surface area contributed by atoms with Crippen molar-refractivity contribution in [2.45, 2.75) is 46.6 Å². The lowest BCUT2D eigenvalue weighted by atomic mass is 10.0. The monoisotopic (exact) mass is 533 g/mol. The third-order valence-corrected chi connectivity index (χ3v) is 5.11. The Morgan fingerprint density at radius 1 is 1.20 bits per heavy atom. The van der Waals surface area contributed by atoms with Crippen LogP contribution in [0.4, 0.5) is 5.82 Å². The molecule has 30 heavy (non-hydrogen) atoms. The van der Waals surface area contributed by atoms with Crippen LogP contribution in [0.3, 0.4) is 0 Å². The van der Waals surface area contributed by atoms with E-state index < -0.39 is 0 Å². The molecule has 0 atom stereocenters. The second-order valence-corrected chi connectivity index (χ2v) is 7.30. The standard InChI is InChI=1S/C22H39N5O2.HI/c1-4-23-22(24-12-7-13-29-18-19-10-14-28-15-11-19)26-17-20-8-9-21(25-16-20)27(5-2)6-3;/h8-9,16,19H,4-7,10-15,17-18H2,1-3H3,(H2,23,24,26);1H. The molecular weight excluding hydrogens is 493 g/mol. The Labute approximate surface area is 199 Å². The molecule has 1 aromatic rings. The van der Waals surface area contributed by atoms with Crippen molar-refractivity contribution in [2.24, 2.45) is 10.9 Å². The van der Waals surface area contributed by atoms with Gasteiger partial charge in [0.15, 0.2) is 5.96 Å². The van der Waals surface area contributed by atoms with E-state index in [-0.39, 0.29) is 24.0 Å². The molecule has 0 amide bonds. The number of guanidine groups is 1. The predicted octanol–water partition coefficient (Wildman–Crippen LogP) is 3.43. The highest BCUT2D eigenvalue weighted by Gasteiger charge is 2.13. The van der Waals surface area contributed by atoms with Gasteiger partial charge in [-0.1, -0.05) is 6.07 Å². The molecule has 0 spiro atoms. The van der Waals surface area contributed by atoms with Gasteiger partial charge in [0.1, 0.15) is 5.82 Å². The Balaban J connectivity index is 0.00000450. The Morgan fingerprint density at radius 2 is 1.97 bits per heavy atom. The maximum atomic E-state index is 5.83. The van der Waals surface area contributed by atoms with Crippen LogP contribution in [0.1, 0.15) is 45.6 Å². The maximum Gasteiger partial charge on any atom is 0.191 e. The quantitative estimate of drug-likeness (QED) is 0.186. The fourth-order valence-electron chi connectivity index (χ4n) is 3.30. The number of aliphatic imine (C=N–C) groups is 1. The SMILES string of the molecule is CCNC(=NCc1ccc(N(CC)CC)nc1)NCCCOCC1CCOCC1.I. The smallest absolute Gasteiger partial charge is 0.191 e. The Morgan fingerprint density at radius 3 is 2.60 bits per heavy atom. The number of halogens is 1.